The van der Waals surface area contributed by atoms with E-state index in [0.29, 0.717) is 18.3 Å². The molecule has 0 fully saturated rings. The fraction of sp³-hybridized carbons (Fsp3) is 0.500. The van der Waals surface area contributed by atoms with Gasteiger partial charge in [0, 0.05) is 19.0 Å². The van der Waals surface area contributed by atoms with Crippen LogP contribution in [-0.2, 0) is 11.3 Å². The van der Waals surface area contributed by atoms with Crippen molar-refractivity contribution in [3.8, 4) is 0 Å². The minimum atomic E-state index is 0.541. The van der Waals surface area contributed by atoms with Crippen LogP contribution in [0.15, 0.2) is 11.4 Å². The number of likely N-dealkylation sites (N-methyl/N-ethyl adjacent to an activating group) is 1. The molecule has 0 aliphatic rings. The molecule has 0 radical (unpaired) electrons. The topological polar surface area (TPSA) is 38.2 Å². The Bertz CT molecular complexity index is 517. The third-order valence-electron chi connectivity index (χ3n) is 2.75. The van der Waals surface area contributed by atoms with E-state index in [9.17, 15) is 0 Å². The van der Waals surface area contributed by atoms with Gasteiger partial charge in [-0.2, -0.15) is 0 Å². The Hall–Kier alpha value is -0.750. The van der Waals surface area contributed by atoms with Crippen LogP contribution in [0, 0.1) is 0 Å². The first-order valence-corrected chi connectivity index (χ1v) is 7.11. The number of halogens is 1. The van der Waals surface area contributed by atoms with Gasteiger partial charge in [0.05, 0.1) is 13.2 Å². The molecule has 98 valence electrons. The predicted octanol–water partition coefficient (Wildman–Crippen LogP) is 2.81. The summed E-state index contributed by atoms with van der Waals surface area (Å²) in [6.45, 7) is 5.33. The zero-order valence-corrected chi connectivity index (χ0v) is 12.1. The first-order valence-electron chi connectivity index (χ1n) is 5.85. The van der Waals surface area contributed by atoms with Crippen molar-refractivity contribution in [2.75, 3.05) is 26.8 Å². The smallest absolute Gasteiger partial charge is 0.145 e. The molecule has 0 N–H and O–H groups in total. The Balaban J connectivity index is 2.14. The van der Waals surface area contributed by atoms with Crippen molar-refractivity contribution in [3.05, 3.63) is 22.4 Å². The molecule has 2 aromatic rings. The van der Waals surface area contributed by atoms with Crippen molar-refractivity contribution in [3.63, 3.8) is 0 Å². The number of ether oxygens (including phenoxy) is 1. The Morgan fingerprint density at radius 3 is 3.00 bits per heavy atom. The second-order valence-corrected chi connectivity index (χ2v) is 5.18. The van der Waals surface area contributed by atoms with E-state index in [1.165, 1.54) is 0 Å². The van der Waals surface area contributed by atoms with E-state index < -0.39 is 0 Å². The molecule has 2 heterocycles. The molecule has 6 heteroatoms. The Labute approximate surface area is 116 Å². The molecular formula is C12H16ClN3OS. The van der Waals surface area contributed by atoms with Crippen LogP contribution >= 0.6 is 22.9 Å². The second-order valence-electron chi connectivity index (χ2n) is 3.93. The van der Waals surface area contributed by atoms with Crippen LogP contribution in [0.1, 0.15) is 12.7 Å². The first kappa shape index (κ1) is 13.7. The molecule has 0 saturated carbocycles. The van der Waals surface area contributed by atoms with Crippen LogP contribution in [0.25, 0.3) is 10.2 Å². The van der Waals surface area contributed by atoms with Crippen molar-refractivity contribution >= 4 is 33.2 Å². The summed E-state index contributed by atoms with van der Waals surface area (Å²) in [6, 6.07) is 1.95. The maximum absolute atomic E-state index is 6.15. The average molecular weight is 286 g/mol. The highest BCUT2D eigenvalue weighted by Gasteiger charge is 2.10. The standard InChI is InChI=1S/C12H16ClN3OS/c1-3-16(5-6-17-2)8-10-14-11(13)9-4-7-18-12(9)15-10/h4,7H,3,5-6,8H2,1-2H3. The number of hydrogen-bond donors (Lipinski definition) is 0. The summed E-state index contributed by atoms with van der Waals surface area (Å²) in [4.78, 5) is 12.1. The van der Waals surface area contributed by atoms with Gasteiger partial charge in [0.2, 0.25) is 0 Å². The zero-order valence-electron chi connectivity index (χ0n) is 10.5. The van der Waals surface area contributed by atoms with Crippen LogP contribution in [0.5, 0.6) is 0 Å². The highest BCUT2D eigenvalue weighted by molar-refractivity contribution is 7.16. The largest absolute Gasteiger partial charge is 0.383 e. The van der Waals surface area contributed by atoms with E-state index in [0.717, 1.165) is 29.1 Å². The maximum Gasteiger partial charge on any atom is 0.145 e. The summed E-state index contributed by atoms with van der Waals surface area (Å²) in [5.41, 5.74) is 0. The van der Waals surface area contributed by atoms with E-state index in [2.05, 4.69) is 21.8 Å². The van der Waals surface area contributed by atoms with Crippen molar-refractivity contribution in [2.24, 2.45) is 0 Å². The van der Waals surface area contributed by atoms with Crippen LogP contribution in [0.4, 0.5) is 0 Å². The van der Waals surface area contributed by atoms with Crippen LogP contribution in [0.2, 0.25) is 5.15 Å². The molecular weight excluding hydrogens is 270 g/mol. The van der Waals surface area contributed by atoms with Crippen molar-refractivity contribution in [1.82, 2.24) is 14.9 Å². The van der Waals surface area contributed by atoms with Crippen molar-refractivity contribution in [2.45, 2.75) is 13.5 Å². The van der Waals surface area contributed by atoms with Gasteiger partial charge in [-0.05, 0) is 18.0 Å². The quantitative estimate of drug-likeness (QED) is 0.765. The number of fused-ring (bicyclic) bond motifs is 1. The minimum Gasteiger partial charge on any atom is -0.383 e. The number of rotatable bonds is 6. The van der Waals surface area contributed by atoms with E-state index in [1.807, 2.05) is 11.4 Å². The fourth-order valence-electron chi connectivity index (χ4n) is 1.70. The van der Waals surface area contributed by atoms with Gasteiger partial charge in [0.25, 0.3) is 0 Å². The van der Waals surface area contributed by atoms with E-state index in [-0.39, 0.29) is 0 Å². The molecule has 2 rings (SSSR count). The van der Waals surface area contributed by atoms with Gasteiger partial charge >= 0.3 is 0 Å². The fourth-order valence-corrected chi connectivity index (χ4v) is 2.79. The highest BCUT2D eigenvalue weighted by atomic mass is 35.5. The lowest BCUT2D eigenvalue weighted by molar-refractivity contribution is 0.146. The van der Waals surface area contributed by atoms with E-state index in [4.69, 9.17) is 16.3 Å². The third kappa shape index (κ3) is 3.17. The predicted molar refractivity (Wildman–Crippen MR) is 75.3 cm³/mol. The van der Waals surface area contributed by atoms with Gasteiger partial charge in [0.15, 0.2) is 0 Å². The summed E-state index contributed by atoms with van der Waals surface area (Å²) in [7, 11) is 1.71. The molecule has 0 aromatic carbocycles. The zero-order chi connectivity index (χ0) is 13.0. The maximum atomic E-state index is 6.15. The molecule has 0 amide bonds. The van der Waals surface area contributed by atoms with E-state index >= 15 is 0 Å². The number of nitrogens with zero attached hydrogens (tertiary/aromatic N) is 3. The summed E-state index contributed by atoms with van der Waals surface area (Å²) in [5.74, 6) is 0.771. The molecule has 2 aromatic heterocycles. The van der Waals surface area contributed by atoms with Crippen LogP contribution in [0.3, 0.4) is 0 Å². The lowest BCUT2D eigenvalue weighted by Gasteiger charge is -2.18. The monoisotopic (exact) mass is 285 g/mol. The Kier molecular flexibility index (Phi) is 4.88. The summed E-state index contributed by atoms with van der Waals surface area (Å²) in [5, 5.41) is 3.46. The molecule has 0 aliphatic carbocycles. The van der Waals surface area contributed by atoms with Gasteiger partial charge < -0.3 is 4.74 Å². The summed E-state index contributed by atoms with van der Waals surface area (Å²) < 4.78 is 5.09. The summed E-state index contributed by atoms with van der Waals surface area (Å²) in [6.07, 6.45) is 0. The average Bonchev–Trinajstić information content (AvgIpc) is 2.83. The lowest BCUT2D eigenvalue weighted by atomic mass is 10.4. The second kappa shape index (κ2) is 6.43. The highest BCUT2D eigenvalue weighted by Crippen LogP contribution is 2.24. The van der Waals surface area contributed by atoms with Gasteiger partial charge in [-0.25, -0.2) is 9.97 Å². The third-order valence-corrected chi connectivity index (χ3v) is 3.84. The minimum absolute atomic E-state index is 0.541. The molecule has 4 nitrogen and oxygen atoms in total. The lowest BCUT2D eigenvalue weighted by Crippen LogP contribution is -2.27. The normalized spacial score (nSPS) is 11.6. The molecule has 0 atom stereocenters. The van der Waals surface area contributed by atoms with Crippen molar-refractivity contribution in [1.29, 1.82) is 0 Å². The van der Waals surface area contributed by atoms with Gasteiger partial charge in [-0.1, -0.05) is 18.5 Å². The first-order chi connectivity index (χ1) is 8.74. The molecule has 0 spiro atoms. The number of aromatic nitrogens is 2. The summed E-state index contributed by atoms with van der Waals surface area (Å²) >= 11 is 7.74. The molecule has 0 aliphatic heterocycles. The van der Waals surface area contributed by atoms with Crippen molar-refractivity contribution < 1.29 is 4.74 Å². The van der Waals surface area contributed by atoms with Gasteiger partial charge in [0.1, 0.15) is 15.8 Å². The Morgan fingerprint density at radius 1 is 1.44 bits per heavy atom. The van der Waals surface area contributed by atoms with Crippen LogP contribution < -0.4 is 0 Å². The molecule has 18 heavy (non-hydrogen) atoms. The molecule has 0 bridgehead atoms. The van der Waals surface area contributed by atoms with E-state index in [1.54, 1.807) is 18.4 Å². The van der Waals surface area contributed by atoms with Crippen LogP contribution in [-0.4, -0.2) is 41.7 Å². The van der Waals surface area contributed by atoms with Gasteiger partial charge in [-0.3, -0.25) is 4.90 Å². The Morgan fingerprint density at radius 2 is 2.28 bits per heavy atom. The molecule has 0 saturated heterocycles. The SMILES string of the molecule is CCN(CCOC)Cc1nc(Cl)c2ccsc2n1. The van der Waals surface area contributed by atoms with Gasteiger partial charge in [-0.15, -0.1) is 11.3 Å². The number of methoxy groups -OCH3 is 1. The molecule has 0 unspecified atom stereocenters. The number of hydrogen-bond acceptors (Lipinski definition) is 5. The number of thiophene rings is 1.